The van der Waals surface area contributed by atoms with Crippen molar-refractivity contribution in [2.45, 2.75) is 139 Å². The molecule has 0 radical (unpaired) electrons. The van der Waals surface area contributed by atoms with E-state index in [1.807, 2.05) is 13.8 Å². The lowest BCUT2D eigenvalue weighted by molar-refractivity contribution is -0.140. The molecular formula is C45H57NO12. The fourth-order valence-corrected chi connectivity index (χ4v) is 8.54. The van der Waals surface area contributed by atoms with Crippen molar-refractivity contribution in [2.24, 2.45) is 11.8 Å². The minimum atomic E-state index is -0.616. The Morgan fingerprint density at radius 2 is 1.21 bits per heavy atom. The molecule has 0 spiro atoms. The van der Waals surface area contributed by atoms with Gasteiger partial charge in [-0.1, -0.05) is 44.6 Å². The number of hydrogen-bond donors (Lipinski definition) is 1. The van der Waals surface area contributed by atoms with Crippen molar-refractivity contribution in [1.82, 2.24) is 5.32 Å². The van der Waals surface area contributed by atoms with Crippen LogP contribution in [0.2, 0.25) is 0 Å². The van der Waals surface area contributed by atoms with Gasteiger partial charge in [0.15, 0.2) is 5.78 Å². The van der Waals surface area contributed by atoms with Crippen LogP contribution in [0.15, 0.2) is 71.9 Å². The summed E-state index contributed by atoms with van der Waals surface area (Å²) in [6.07, 6.45) is 17.9. The summed E-state index contributed by atoms with van der Waals surface area (Å²) in [5, 5.41) is 2.77. The molecule has 314 valence electrons. The van der Waals surface area contributed by atoms with E-state index >= 15 is 0 Å². The number of carbonyl (C=O) groups excluding carboxylic acids is 6. The van der Waals surface area contributed by atoms with Gasteiger partial charge in [-0.2, -0.15) is 0 Å². The molecule has 13 heteroatoms. The van der Waals surface area contributed by atoms with Gasteiger partial charge in [0.25, 0.3) is 0 Å². The second-order valence-corrected chi connectivity index (χ2v) is 16.7. The van der Waals surface area contributed by atoms with Crippen LogP contribution in [0.5, 0.6) is 0 Å². The maximum absolute atomic E-state index is 12.4. The molecule has 1 N–H and O–H groups in total. The summed E-state index contributed by atoms with van der Waals surface area (Å²) in [6.45, 7) is 12.6. The smallest absolute Gasteiger partial charge is 0.334 e. The fraction of sp³-hybridized carbons (Fsp3) is 0.600. The molecular weight excluding hydrogens is 746 g/mol. The number of unbranched alkanes of at least 4 members (excludes halogenated alkanes) is 4. The van der Waals surface area contributed by atoms with Crippen LogP contribution < -0.4 is 5.32 Å². The molecule has 0 aromatic carbocycles. The molecule has 6 aliphatic rings. The van der Waals surface area contributed by atoms with Crippen molar-refractivity contribution >= 4 is 35.6 Å². The third kappa shape index (κ3) is 11.1. The van der Waals surface area contributed by atoms with Gasteiger partial charge in [0.1, 0.15) is 37.6 Å². The van der Waals surface area contributed by atoms with E-state index in [-0.39, 0.29) is 84.3 Å². The SMILES string of the molecule is C=C1C(=O)O[C@H]2[C@H]1CC/C(COC(=O)/C=C/C(=O)CCCCCCCNC(=O)/C=C/C(=O)OC/C1=C/CC[C@@]3(C)O[C@H]3[C@H]3OC(=O)C(=C)[C@@H]3CC1)=C\CC[C@@]1(C)O[C@@H]21. The van der Waals surface area contributed by atoms with Crippen molar-refractivity contribution in [3.63, 3.8) is 0 Å². The average Bonchev–Trinajstić information content (AvgIpc) is 4.01. The van der Waals surface area contributed by atoms with Gasteiger partial charge in [-0.3, -0.25) is 9.59 Å². The van der Waals surface area contributed by atoms with Gasteiger partial charge >= 0.3 is 23.9 Å². The van der Waals surface area contributed by atoms with Gasteiger partial charge in [-0.15, -0.1) is 0 Å². The topological polar surface area (TPSA) is 176 Å². The van der Waals surface area contributed by atoms with Crippen LogP contribution in [0.3, 0.4) is 0 Å². The number of hydrogen-bond acceptors (Lipinski definition) is 12. The van der Waals surface area contributed by atoms with Crippen LogP contribution in [-0.4, -0.2) is 90.9 Å². The average molecular weight is 804 g/mol. The van der Waals surface area contributed by atoms with Crippen LogP contribution in [0.4, 0.5) is 0 Å². The molecule has 0 unspecified atom stereocenters. The van der Waals surface area contributed by atoms with Gasteiger partial charge in [-0.05, 0) is 95.3 Å². The van der Waals surface area contributed by atoms with Crippen LogP contribution in [0, 0.1) is 11.8 Å². The van der Waals surface area contributed by atoms with E-state index in [9.17, 15) is 28.8 Å². The molecule has 0 saturated carbocycles. The molecule has 0 bridgehead atoms. The summed E-state index contributed by atoms with van der Waals surface area (Å²) >= 11 is 0. The van der Waals surface area contributed by atoms with Crippen molar-refractivity contribution in [1.29, 1.82) is 0 Å². The number of rotatable bonds is 16. The highest BCUT2D eigenvalue weighted by Gasteiger charge is 2.62. The van der Waals surface area contributed by atoms with Crippen LogP contribution >= 0.6 is 0 Å². The number of fused-ring (bicyclic) bond motifs is 6. The van der Waals surface area contributed by atoms with E-state index < -0.39 is 11.9 Å². The third-order valence-corrected chi connectivity index (χ3v) is 12.4. The molecule has 6 rings (SSSR count). The van der Waals surface area contributed by atoms with Crippen molar-refractivity contribution in [3.05, 3.63) is 71.9 Å². The number of ketones is 1. The van der Waals surface area contributed by atoms with Gasteiger partial charge in [0, 0.05) is 54.2 Å². The first-order valence-electron chi connectivity index (χ1n) is 20.8. The first kappa shape index (κ1) is 43.0. The molecule has 0 aromatic rings. The van der Waals surface area contributed by atoms with Gasteiger partial charge in [0.2, 0.25) is 5.91 Å². The van der Waals surface area contributed by atoms with E-state index in [0.717, 1.165) is 74.7 Å². The van der Waals surface area contributed by atoms with Gasteiger partial charge in [-0.25, -0.2) is 19.2 Å². The van der Waals surface area contributed by atoms with Crippen LogP contribution in [-0.2, 0) is 57.2 Å². The van der Waals surface area contributed by atoms with Crippen LogP contribution in [0.1, 0.15) is 104 Å². The maximum Gasteiger partial charge on any atom is 0.334 e. The second-order valence-electron chi connectivity index (χ2n) is 16.7. The fourth-order valence-electron chi connectivity index (χ4n) is 8.54. The lowest BCUT2D eigenvalue weighted by Crippen LogP contribution is -2.29. The number of allylic oxidation sites excluding steroid dienone is 3. The normalized spacial score (nSPS) is 33.6. The molecule has 4 heterocycles. The molecule has 13 nitrogen and oxygen atoms in total. The molecule has 4 fully saturated rings. The van der Waals surface area contributed by atoms with E-state index in [4.69, 9.17) is 28.4 Å². The standard InChI is InChI=1S/C45H57NO12/c1-28-33-18-15-30(12-10-23-44(3)40(57-44)38(33)55-42(28)51)26-53-36(49)21-17-32(47)14-8-6-5-7-9-25-46-35(48)20-22-37(50)54-27-31-13-11-24-45(4)41(58-45)39-34(19-16-31)29(2)43(52)56-39/h12-13,17,20-22,33-34,38-41H,1-2,5-11,14-16,18-19,23-27H2,3-4H3,(H,46,48)/b21-17+,22-20+,30-12+,31-13+/t33-,34-,38-,39-,40-,41-,44+,45+/m0/s1. The molecule has 8 atom stereocenters. The number of epoxide rings is 2. The molecule has 4 aliphatic heterocycles. The minimum Gasteiger partial charge on any atom is -0.458 e. The summed E-state index contributed by atoms with van der Waals surface area (Å²) in [5.74, 6) is -2.75. The van der Waals surface area contributed by atoms with E-state index in [0.29, 0.717) is 56.2 Å². The highest BCUT2D eigenvalue weighted by molar-refractivity contribution is 5.96. The summed E-state index contributed by atoms with van der Waals surface area (Å²) in [7, 11) is 0. The summed E-state index contributed by atoms with van der Waals surface area (Å²) in [4.78, 5) is 73.7. The van der Waals surface area contributed by atoms with E-state index in [2.05, 4.69) is 30.6 Å². The molecule has 0 aromatic heterocycles. The van der Waals surface area contributed by atoms with Gasteiger partial charge in [0.05, 0.1) is 11.2 Å². The van der Waals surface area contributed by atoms with Gasteiger partial charge < -0.3 is 33.7 Å². The van der Waals surface area contributed by atoms with Crippen molar-refractivity contribution in [3.8, 4) is 0 Å². The summed E-state index contributed by atoms with van der Waals surface area (Å²) in [5.41, 5.74) is 2.13. The third-order valence-electron chi connectivity index (χ3n) is 12.4. The van der Waals surface area contributed by atoms with E-state index in [1.165, 1.54) is 12.2 Å². The van der Waals surface area contributed by atoms with Crippen molar-refractivity contribution < 1.29 is 57.2 Å². The Bertz CT molecular complexity index is 1660. The van der Waals surface area contributed by atoms with E-state index in [1.54, 1.807) is 0 Å². The molecule has 58 heavy (non-hydrogen) atoms. The lowest BCUT2D eigenvalue weighted by atomic mass is 9.84. The molecule has 2 aliphatic carbocycles. The summed E-state index contributed by atoms with van der Waals surface area (Å²) in [6, 6.07) is 0. The second kappa shape index (κ2) is 19.0. The zero-order valence-corrected chi connectivity index (χ0v) is 33.8. The number of esters is 4. The Morgan fingerprint density at radius 1 is 0.724 bits per heavy atom. The quantitative estimate of drug-likeness (QED) is 0.0502. The Morgan fingerprint density at radius 3 is 1.74 bits per heavy atom. The maximum atomic E-state index is 12.4. The lowest BCUT2D eigenvalue weighted by Gasteiger charge is -2.20. The first-order chi connectivity index (χ1) is 27.8. The number of ether oxygens (including phenoxy) is 6. The number of nitrogens with one attached hydrogen (secondary N) is 1. The highest BCUT2D eigenvalue weighted by atomic mass is 16.7. The van der Waals surface area contributed by atoms with Crippen LogP contribution in [0.25, 0.3) is 0 Å². The molecule has 1 amide bonds. The predicted octanol–water partition coefficient (Wildman–Crippen LogP) is 5.72. The highest BCUT2D eigenvalue weighted by Crippen LogP contribution is 2.51. The summed E-state index contributed by atoms with van der Waals surface area (Å²) < 4.78 is 33.9. The van der Waals surface area contributed by atoms with Crippen molar-refractivity contribution in [2.75, 3.05) is 19.8 Å². The zero-order valence-electron chi connectivity index (χ0n) is 33.8. The minimum absolute atomic E-state index is 0.0929. The predicted molar refractivity (Wildman–Crippen MR) is 211 cm³/mol. The Balaban J connectivity index is 0.788. The monoisotopic (exact) mass is 803 g/mol. The largest absolute Gasteiger partial charge is 0.458 e. The Hall–Kier alpha value is -4.62. The number of amides is 1. The zero-order chi connectivity index (χ0) is 41.5. The molecule has 4 saturated heterocycles. The Labute approximate surface area is 340 Å². The number of carbonyl (C=O) groups is 6. The Kier molecular flexibility index (Phi) is 14.1. The first-order valence-corrected chi connectivity index (χ1v) is 20.8.